The van der Waals surface area contributed by atoms with Gasteiger partial charge in [0.2, 0.25) is 0 Å². The van der Waals surface area contributed by atoms with Crippen LogP contribution < -0.4 is 9.47 Å². The van der Waals surface area contributed by atoms with E-state index in [1.54, 1.807) is 38.4 Å². The van der Waals surface area contributed by atoms with Gasteiger partial charge in [0, 0.05) is 18.0 Å². The van der Waals surface area contributed by atoms with Crippen molar-refractivity contribution in [1.82, 2.24) is 9.97 Å². The predicted molar refractivity (Wildman–Crippen MR) is 126 cm³/mol. The summed E-state index contributed by atoms with van der Waals surface area (Å²) in [5.41, 5.74) is 1.78. The number of hydrogen-bond acceptors (Lipinski definition) is 7. The highest BCUT2D eigenvalue weighted by Gasteiger charge is 2.38. The fourth-order valence-electron chi connectivity index (χ4n) is 3.56. The number of benzene rings is 1. The lowest BCUT2D eigenvalue weighted by atomic mass is 10.0. The zero-order valence-electron chi connectivity index (χ0n) is 20.2. The van der Waals surface area contributed by atoms with Crippen LogP contribution in [0.3, 0.4) is 0 Å². The molecule has 2 aromatic rings. The highest BCUT2D eigenvalue weighted by Crippen LogP contribution is 2.25. The smallest absolute Gasteiger partial charge is 0.343 e. The molecule has 1 aromatic heterocycles. The molecule has 1 aliphatic heterocycles. The molecule has 0 radical (unpaired) electrons. The van der Waals surface area contributed by atoms with Gasteiger partial charge in [0.1, 0.15) is 5.75 Å². The van der Waals surface area contributed by atoms with Crippen LogP contribution in [0.2, 0.25) is 0 Å². The number of nitrogens with zero attached hydrogens (tertiary/aromatic N) is 2. The van der Waals surface area contributed by atoms with Crippen molar-refractivity contribution in [2.24, 2.45) is 5.92 Å². The Hall–Kier alpha value is -2.51. The van der Waals surface area contributed by atoms with Gasteiger partial charge in [-0.25, -0.2) is 14.8 Å². The molecule has 2 atom stereocenters. The number of esters is 1. The Morgan fingerprint density at radius 1 is 1.09 bits per heavy atom. The summed E-state index contributed by atoms with van der Waals surface area (Å²) in [4.78, 5) is 20.9. The summed E-state index contributed by atoms with van der Waals surface area (Å²) in [5, 5.41) is 0. The van der Waals surface area contributed by atoms with Gasteiger partial charge in [-0.2, -0.15) is 0 Å². The number of rotatable bonds is 12. The molecule has 7 nitrogen and oxygen atoms in total. The Morgan fingerprint density at radius 2 is 1.79 bits per heavy atom. The van der Waals surface area contributed by atoms with Crippen LogP contribution in [0, 0.1) is 5.92 Å². The van der Waals surface area contributed by atoms with Crippen LogP contribution in [0.1, 0.15) is 66.2 Å². The van der Waals surface area contributed by atoms with Crippen LogP contribution >= 0.6 is 0 Å². The molecule has 0 aliphatic carbocycles. The predicted octanol–water partition coefficient (Wildman–Crippen LogP) is 5.58. The van der Waals surface area contributed by atoms with Gasteiger partial charge >= 0.3 is 12.0 Å². The minimum absolute atomic E-state index is 0.188. The number of aromatic nitrogens is 2. The molecule has 180 valence electrons. The molecular weight excluding hydrogens is 420 g/mol. The zero-order valence-corrected chi connectivity index (χ0v) is 20.2. The van der Waals surface area contributed by atoms with Crippen molar-refractivity contribution in [3.8, 4) is 22.9 Å². The van der Waals surface area contributed by atoms with Gasteiger partial charge in [-0.15, -0.1) is 0 Å². The van der Waals surface area contributed by atoms with Gasteiger partial charge in [-0.3, -0.25) is 0 Å². The second kappa shape index (κ2) is 12.1. The molecule has 1 fully saturated rings. The lowest BCUT2D eigenvalue weighted by Crippen LogP contribution is -2.30. The first kappa shape index (κ1) is 25.1. The average molecular weight is 457 g/mol. The van der Waals surface area contributed by atoms with Crippen LogP contribution in [0.4, 0.5) is 0 Å². The summed E-state index contributed by atoms with van der Waals surface area (Å²) >= 11 is 0. The van der Waals surface area contributed by atoms with Gasteiger partial charge in [-0.1, -0.05) is 58.1 Å². The van der Waals surface area contributed by atoms with Gasteiger partial charge in [0.25, 0.3) is 0 Å². The molecule has 0 bridgehead atoms. The van der Waals surface area contributed by atoms with Crippen molar-refractivity contribution in [2.75, 3.05) is 13.2 Å². The molecule has 1 aromatic carbocycles. The second-order valence-electron chi connectivity index (χ2n) is 9.08. The summed E-state index contributed by atoms with van der Waals surface area (Å²) in [7, 11) is 0. The number of carbonyl (C=O) groups excluding carboxylic acids is 1. The number of unbranched alkanes of at least 4 members (excludes halogenated alkanes) is 3. The summed E-state index contributed by atoms with van der Waals surface area (Å²) < 4.78 is 22.0. The Labute approximate surface area is 196 Å². The van der Waals surface area contributed by atoms with E-state index in [4.69, 9.17) is 18.9 Å². The van der Waals surface area contributed by atoms with E-state index < -0.39 is 17.9 Å². The molecule has 1 aliphatic rings. The van der Waals surface area contributed by atoms with Gasteiger partial charge in [0.15, 0.2) is 11.9 Å². The largest absolute Gasteiger partial charge is 0.463 e. The van der Waals surface area contributed by atoms with Crippen molar-refractivity contribution >= 4 is 5.97 Å². The summed E-state index contributed by atoms with van der Waals surface area (Å²) in [6, 6.07) is 7.58. The third kappa shape index (κ3) is 8.09. The van der Waals surface area contributed by atoms with E-state index in [2.05, 4.69) is 23.8 Å². The van der Waals surface area contributed by atoms with Crippen LogP contribution in [-0.4, -0.2) is 41.0 Å². The monoisotopic (exact) mass is 456 g/mol. The molecule has 0 spiro atoms. The van der Waals surface area contributed by atoms with Crippen LogP contribution in [0.15, 0.2) is 36.7 Å². The highest BCUT2D eigenvalue weighted by atomic mass is 16.8. The van der Waals surface area contributed by atoms with E-state index in [1.165, 1.54) is 32.1 Å². The van der Waals surface area contributed by atoms with E-state index in [1.807, 2.05) is 12.1 Å². The quantitative estimate of drug-likeness (QED) is 0.234. The first-order valence-electron chi connectivity index (χ1n) is 11.9. The minimum Gasteiger partial charge on any atom is -0.463 e. The third-order valence-corrected chi connectivity index (χ3v) is 5.82. The van der Waals surface area contributed by atoms with E-state index in [9.17, 15) is 4.79 Å². The second-order valence-corrected chi connectivity index (χ2v) is 9.08. The van der Waals surface area contributed by atoms with Crippen LogP contribution in [0.5, 0.6) is 11.8 Å². The number of carbonyl (C=O) groups is 1. The van der Waals surface area contributed by atoms with Gasteiger partial charge in [0.05, 0.1) is 13.2 Å². The Balaban J connectivity index is 1.40. The fraction of sp³-hybridized carbons (Fsp3) is 0.577. The van der Waals surface area contributed by atoms with Crippen molar-refractivity contribution in [3.63, 3.8) is 0 Å². The number of ether oxygens (including phenoxy) is 4. The van der Waals surface area contributed by atoms with Crippen LogP contribution in [0.25, 0.3) is 11.1 Å². The molecule has 0 saturated carbocycles. The van der Waals surface area contributed by atoms with Crippen LogP contribution in [-0.2, 0) is 14.3 Å². The zero-order chi connectivity index (χ0) is 23.7. The highest BCUT2D eigenvalue weighted by molar-refractivity contribution is 5.78. The maximum atomic E-state index is 12.2. The summed E-state index contributed by atoms with van der Waals surface area (Å²) in [6.07, 6.45) is 10.1. The normalized spacial score (nSPS) is 18.1. The van der Waals surface area contributed by atoms with Crippen molar-refractivity contribution in [2.45, 2.75) is 78.1 Å². The minimum atomic E-state index is -0.767. The third-order valence-electron chi connectivity index (χ3n) is 5.82. The molecule has 1 unspecified atom stereocenters. The van der Waals surface area contributed by atoms with Crippen molar-refractivity contribution < 1.29 is 23.7 Å². The summed E-state index contributed by atoms with van der Waals surface area (Å²) in [6.45, 7) is 8.92. The van der Waals surface area contributed by atoms with Gasteiger partial charge in [-0.05, 0) is 43.9 Å². The molecular formula is C26H36N2O5. The van der Waals surface area contributed by atoms with Crippen molar-refractivity contribution in [1.29, 1.82) is 0 Å². The standard InChI is InChI=1S/C26H36N2O5/c1-5-19(2)10-8-6-7-9-15-30-25-27-16-21(17-28-25)20-11-13-22(14-12-20)32-24(29)23-18-31-26(3,4)33-23/h11-14,16-17,19,23H,5-10,15,18H2,1-4H3/t19-,23?/m0/s1. The first-order valence-corrected chi connectivity index (χ1v) is 11.9. The fourth-order valence-corrected chi connectivity index (χ4v) is 3.56. The molecule has 7 heteroatoms. The maximum absolute atomic E-state index is 12.2. The Bertz CT molecular complexity index is 867. The lowest BCUT2D eigenvalue weighted by molar-refractivity contribution is -0.162. The van der Waals surface area contributed by atoms with Gasteiger partial charge < -0.3 is 18.9 Å². The van der Waals surface area contributed by atoms with E-state index in [0.717, 1.165) is 23.5 Å². The molecule has 1 saturated heterocycles. The molecule has 2 heterocycles. The topological polar surface area (TPSA) is 79.8 Å². The average Bonchev–Trinajstić information content (AvgIpc) is 3.19. The van der Waals surface area contributed by atoms with Crippen molar-refractivity contribution in [3.05, 3.63) is 36.7 Å². The Morgan fingerprint density at radius 3 is 2.42 bits per heavy atom. The number of hydrogen-bond donors (Lipinski definition) is 0. The van der Waals surface area contributed by atoms with E-state index in [0.29, 0.717) is 18.4 Å². The summed E-state index contributed by atoms with van der Waals surface area (Å²) in [5.74, 6) is 0.0423. The molecule has 33 heavy (non-hydrogen) atoms. The maximum Gasteiger partial charge on any atom is 0.343 e. The Kier molecular flexibility index (Phi) is 9.21. The first-order chi connectivity index (χ1) is 15.9. The van der Waals surface area contributed by atoms with E-state index >= 15 is 0 Å². The molecule has 0 N–H and O–H groups in total. The lowest BCUT2D eigenvalue weighted by Gasteiger charge is -2.16. The molecule has 0 amide bonds. The molecule has 3 rings (SSSR count). The van der Waals surface area contributed by atoms with E-state index in [-0.39, 0.29) is 6.61 Å². The SMILES string of the molecule is CC[C@H](C)CCCCCCOc1ncc(-c2ccc(OC(=O)C3COC(C)(C)O3)cc2)cn1.